The Balaban J connectivity index is 1.81. The summed E-state index contributed by atoms with van der Waals surface area (Å²) in [4.78, 5) is 13.4. The highest BCUT2D eigenvalue weighted by Crippen LogP contribution is 2.42. The summed E-state index contributed by atoms with van der Waals surface area (Å²) < 4.78 is 13.9. The first-order valence-corrected chi connectivity index (χ1v) is 7.35. The number of nitrogens with zero attached hydrogens (tertiary/aromatic N) is 1. The zero-order valence-corrected chi connectivity index (χ0v) is 11.8. The Morgan fingerprint density at radius 3 is 2.95 bits per heavy atom. The molecule has 108 valence electrons. The normalized spacial score (nSPS) is 29.6. The number of carboxylic acids is 1. The largest absolute Gasteiger partial charge is 0.480 e. The van der Waals surface area contributed by atoms with E-state index in [4.69, 9.17) is 11.6 Å². The number of aliphatic carboxylic acids is 1. The minimum absolute atomic E-state index is 0.225. The number of halogens is 2. The van der Waals surface area contributed by atoms with Crippen molar-refractivity contribution < 1.29 is 14.3 Å². The van der Waals surface area contributed by atoms with E-state index in [0.717, 1.165) is 25.8 Å². The molecule has 5 heteroatoms. The van der Waals surface area contributed by atoms with Crippen molar-refractivity contribution in [2.45, 2.75) is 31.8 Å². The molecule has 2 aliphatic rings. The molecule has 0 radical (unpaired) electrons. The molecule has 1 aromatic carbocycles. The fourth-order valence-electron chi connectivity index (χ4n) is 3.76. The molecule has 3 unspecified atom stereocenters. The van der Waals surface area contributed by atoms with Crippen molar-refractivity contribution in [3.05, 3.63) is 34.6 Å². The third kappa shape index (κ3) is 2.42. The van der Waals surface area contributed by atoms with Gasteiger partial charge in [-0.25, -0.2) is 4.39 Å². The lowest BCUT2D eigenvalue weighted by Gasteiger charge is -2.24. The van der Waals surface area contributed by atoms with Crippen molar-refractivity contribution in [1.29, 1.82) is 0 Å². The van der Waals surface area contributed by atoms with E-state index < -0.39 is 12.0 Å². The van der Waals surface area contributed by atoms with Crippen LogP contribution in [0.4, 0.5) is 4.39 Å². The topological polar surface area (TPSA) is 40.5 Å². The van der Waals surface area contributed by atoms with Gasteiger partial charge in [0.2, 0.25) is 0 Å². The molecule has 1 aliphatic heterocycles. The average Bonchev–Trinajstić information content (AvgIpc) is 2.91. The standard InChI is InChI=1S/C15H17ClFNO2/c16-11-5-4-10(13(17)6-11)8-18-7-9-2-1-3-12(9)14(18)15(19)20/h4-6,9,12,14H,1-3,7-8H2,(H,19,20). The smallest absolute Gasteiger partial charge is 0.321 e. The molecule has 0 spiro atoms. The molecule has 1 aromatic rings. The summed E-state index contributed by atoms with van der Waals surface area (Å²) in [7, 11) is 0. The fourth-order valence-corrected chi connectivity index (χ4v) is 3.92. The van der Waals surface area contributed by atoms with Gasteiger partial charge in [0.15, 0.2) is 0 Å². The van der Waals surface area contributed by atoms with Gasteiger partial charge in [-0.1, -0.05) is 24.1 Å². The first-order chi connectivity index (χ1) is 9.56. The molecule has 3 rings (SSSR count). The Kier molecular flexibility index (Phi) is 3.69. The van der Waals surface area contributed by atoms with E-state index in [0.29, 0.717) is 23.0 Å². The first kappa shape index (κ1) is 13.8. The molecular formula is C15H17ClFNO2. The maximum atomic E-state index is 13.9. The van der Waals surface area contributed by atoms with Crippen molar-refractivity contribution in [2.24, 2.45) is 11.8 Å². The number of rotatable bonds is 3. The Labute approximate surface area is 122 Å². The lowest BCUT2D eigenvalue weighted by molar-refractivity contribution is -0.143. The van der Waals surface area contributed by atoms with Gasteiger partial charge >= 0.3 is 5.97 Å². The summed E-state index contributed by atoms with van der Waals surface area (Å²) in [6.45, 7) is 1.09. The molecule has 2 fully saturated rings. The summed E-state index contributed by atoms with van der Waals surface area (Å²) >= 11 is 5.74. The maximum Gasteiger partial charge on any atom is 0.321 e. The molecule has 0 bridgehead atoms. The van der Waals surface area contributed by atoms with Gasteiger partial charge in [0.05, 0.1) is 0 Å². The third-order valence-electron chi connectivity index (χ3n) is 4.63. The van der Waals surface area contributed by atoms with E-state index in [9.17, 15) is 14.3 Å². The summed E-state index contributed by atoms with van der Waals surface area (Å²) in [6.07, 6.45) is 3.18. The summed E-state index contributed by atoms with van der Waals surface area (Å²) in [5.74, 6) is -0.471. The highest BCUT2D eigenvalue weighted by molar-refractivity contribution is 6.30. The molecule has 20 heavy (non-hydrogen) atoms. The van der Waals surface area contributed by atoms with Crippen LogP contribution in [-0.4, -0.2) is 28.6 Å². The van der Waals surface area contributed by atoms with E-state index in [2.05, 4.69) is 0 Å². The van der Waals surface area contributed by atoms with E-state index in [-0.39, 0.29) is 11.7 Å². The Bertz CT molecular complexity index is 537. The number of benzene rings is 1. The summed E-state index contributed by atoms with van der Waals surface area (Å²) in [5, 5.41) is 9.83. The van der Waals surface area contributed by atoms with Crippen LogP contribution in [-0.2, 0) is 11.3 Å². The minimum Gasteiger partial charge on any atom is -0.480 e. The van der Waals surface area contributed by atoms with Gasteiger partial charge < -0.3 is 5.11 Å². The van der Waals surface area contributed by atoms with Crippen molar-refractivity contribution in [1.82, 2.24) is 4.90 Å². The Morgan fingerprint density at radius 2 is 2.25 bits per heavy atom. The molecule has 0 aromatic heterocycles. The van der Waals surface area contributed by atoms with Crippen LogP contribution >= 0.6 is 11.6 Å². The lowest BCUT2D eigenvalue weighted by Crippen LogP contribution is -2.39. The second kappa shape index (κ2) is 5.34. The van der Waals surface area contributed by atoms with Crippen LogP contribution in [0.5, 0.6) is 0 Å². The van der Waals surface area contributed by atoms with Gasteiger partial charge in [0, 0.05) is 23.7 Å². The SMILES string of the molecule is O=C(O)C1C2CCCC2CN1Cc1ccc(Cl)cc1F. The summed E-state index contributed by atoms with van der Waals surface area (Å²) in [6, 6.07) is 4.10. The predicted molar refractivity (Wildman–Crippen MR) is 74.1 cm³/mol. The van der Waals surface area contributed by atoms with E-state index in [1.54, 1.807) is 12.1 Å². The molecule has 1 saturated heterocycles. The molecule has 3 nitrogen and oxygen atoms in total. The van der Waals surface area contributed by atoms with Gasteiger partial charge in [0.1, 0.15) is 11.9 Å². The Hall–Kier alpha value is -1.13. The fraction of sp³-hybridized carbons (Fsp3) is 0.533. The first-order valence-electron chi connectivity index (χ1n) is 6.97. The highest BCUT2D eigenvalue weighted by atomic mass is 35.5. The predicted octanol–water partition coefficient (Wildman–Crippen LogP) is 3.16. The monoisotopic (exact) mass is 297 g/mol. The third-order valence-corrected chi connectivity index (χ3v) is 4.86. The zero-order valence-electron chi connectivity index (χ0n) is 11.1. The van der Waals surface area contributed by atoms with Gasteiger partial charge in [-0.3, -0.25) is 9.69 Å². The van der Waals surface area contributed by atoms with E-state index in [1.807, 2.05) is 4.90 Å². The van der Waals surface area contributed by atoms with Crippen LogP contribution < -0.4 is 0 Å². The zero-order chi connectivity index (χ0) is 14.3. The number of carboxylic acid groups (broad SMARTS) is 1. The van der Waals surface area contributed by atoms with Crippen LogP contribution in [0.15, 0.2) is 18.2 Å². The summed E-state index contributed by atoms with van der Waals surface area (Å²) in [5.41, 5.74) is 0.514. The van der Waals surface area contributed by atoms with Crippen LogP contribution in [0.1, 0.15) is 24.8 Å². The van der Waals surface area contributed by atoms with Gasteiger partial charge in [0.25, 0.3) is 0 Å². The van der Waals surface area contributed by atoms with Crippen molar-refractivity contribution in [2.75, 3.05) is 6.54 Å². The number of carbonyl (C=O) groups is 1. The van der Waals surface area contributed by atoms with Crippen LogP contribution in [0.3, 0.4) is 0 Å². The second-order valence-electron chi connectivity index (χ2n) is 5.80. The van der Waals surface area contributed by atoms with Crippen LogP contribution in [0, 0.1) is 17.7 Å². The van der Waals surface area contributed by atoms with Crippen molar-refractivity contribution in [3.63, 3.8) is 0 Å². The number of fused-ring (bicyclic) bond motifs is 1. The number of likely N-dealkylation sites (tertiary alicyclic amines) is 1. The average molecular weight is 298 g/mol. The number of hydrogen-bond donors (Lipinski definition) is 1. The molecule has 3 atom stereocenters. The Morgan fingerprint density at radius 1 is 1.45 bits per heavy atom. The van der Waals surface area contributed by atoms with Gasteiger partial charge in [-0.05, 0) is 36.8 Å². The highest BCUT2D eigenvalue weighted by Gasteiger charge is 2.47. The molecule has 1 heterocycles. The molecular weight excluding hydrogens is 281 g/mol. The second-order valence-corrected chi connectivity index (χ2v) is 6.24. The molecule has 0 amide bonds. The van der Waals surface area contributed by atoms with Crippen molar-refractivity contribution >= 4 is 17.6 Å². The molecule has 1 saturated carbocycles. The van der Waals surface area contributed by atoms with E-state index in [1.165, 1.54) is 6.07 Å². The van der Waals surface area contributed by atoms with Gasteiger partial charge in [-0.2, -0.15) is 0 Å². The quantitative estimate of drug-likeness (QED) is 0.931. The lowest BCUT2D eigenvalue weighted by atomic mass is 9.94. The molecule has 1 aliphatic carbocycles. The van der Waals surface area contributed by atoms with Crippen LogP contribution in [0.2, 0.25) is 5.02 Å². The molecule has 1 N–H and O–H groups in total. The van der Waals surface area contributed by atoms with E-state index >= 15 is 0 Å². The van der Waals surface area contributed by atoms with Crippen LogP contribution in [0.25, 0.3) is 0 Å². The number of hydrogen-bond acceptors (Lipinski definition) is 2. The maximum absolute atomic E-state index is 13.9. The minimum atomic E-state index is -0.784. The van der Waals surface area contributed by atoms with Gasteiger partial charge in [-0.15, -0.1) is 0 Å². The van der Waals surface area contributed by atoms with Crippen molar-refractivity contribution in [3.8, 4) is 0 Å².